The molecule has 1 rings (SSSR count). The van der Waals surface area contributed by atoms with Crippen LogP contribution in [0.25, 0.3) is 0 Å². The van der Waals surface area contributed by atoms with Gasteiger partial charge >= 0.3 is 11.7 Å². The Labute approximate surface area is 102 Å². The van der Waals surface area contributed by atoms with Gasteiger partial charge in [0.2, 0.25) is 0 Å². The summed E-state index contributed by atoms with van der Waals surface area (Å²) >= 11 is 1.00. The van der Waals surface area contributed by atoms with E-state index in [-0.39, 0.29) is 17.5 Å². The molecule has 0 amide bonds. The third-order valence-corrected chi connectivity index (χ3v) is 2.78. The van der Waals surface area contributed by atoms with E-state index < -0.39 is 5.97 Å². The van der Waals surface area contributed by atoms with Crippen LogP contribution in [0.15, 0.2) is 9.95 Å². The van der Waals surface area contributed by atoms with Gasteiger partial charge in [-0.15, -0.1) is 5.10 Å². The van der Waals surface area contributed by atoms with E-state index in [1.165, 1.54) is 4.57 Å². The summed E-state index contributed by atoms with van der Waals surface area (Å²) in [6, 6.07) is 0. The molecule has 17 heavy (non-hydrogen) atoms. The van der Waals surface area contributed by atoms with Crippen LogP contribution < -0.4 is 5.69 Å². The number of nitrogens with one attached hydrogen (secondary N) is 1. The van der Waals surface area contributed by atoms with Crippen LogP contribution in [0, 0.1) is 0 Å². The molecule has 1 heterocycles. The molecule has 96 valence electrons. The number of aliphatic carboxylic acids is 1. The number of H-pyrrole nitrogens is 1. The Morgan fingerprint density at radius 1 is 1.65 bits per heavy atom. The maximum atomic E-state index is 11.4. The molecule has 0 bridgehead atoms. The van der Waals surface area contributed by atoms with E-state index in [0.717, 1.165) is 11.8 Å². The normalized spacial score (nSPS) is 11.0. The van der Waals surface area contributed by atoms with Gasteiger partial charge in [-0.1, -0.05) is 11.8 Å². The van der Waals surface area contributed by atoms with E-state index in [2.05, 4.69) is 10.2 Å². The van der Waals surface area contributed by atoms with Gasteiger partial charge in [-0.05, 0) is 13.8 Å². The maximum absolute atomic E-state index is 11.4. The van der Waals surface area contributed by atoms with Gasteiger partial charge in [0, 0.05) is 0 Å². The Bertz CT molecular complexity index is 426. The third-order valence-electron chi connectivity index (χ3n) is 1.81. The molecule has 0 atom stereocenters. The fourth-order valence-electron chi connectivity index (χ4n) is 1.12. The summed E-state index contributed by atoms with van der Waals surface area (Å²) < 4.78 is 6.69. The van der Waals surface area contributed by atoms with Gasteiger partial charge in [0.1, 0.15) is 0 Å². The Morgan fingerprint density at radius 2 is 2.35 bits per heavy atom. The highest BCUT2D eigenvalue weighted by Crippen LogP contribution is 2.12. The van der Waals surface area contributed by atoms with E-state index >= 15 is 0 Å². The van der Waals surface area contributed by atoms with Gasteiger partial charge in [-0.2, -0.15) is 0 Å². The molecule has 0 aliphatic heterocycles. The summed E-state index contributed by atoms with van der Waals surface area (Å²) in [5, 5.41) is 15.0. The van der Waals surface area contributed by atoms with E-state index in [0.29, 0.717) is 18.3 Å². The fraction of sp³-hybridized carbons (Fsp3) is 0.667. The molecule has 0 aliphatic carbocycles. The lowest BCUT2D eigenvalue weighted by Crippen LogP contribution is -2.21. The van der Waals surface area contributed by atoms with Gasteiger partial charge in [0.05, 0.1) is 25.0 Å². The highest BCUT2D eigenvalue weighted by atomic mass is 32.2. The van der Waals surface area contributed by atoms with Crippen molar-refractivity contribution < 1.29 is 14.6 Å². The molecule has 0 spiro atoms. The van der Waals surface area contributed by atoms with Crippen molar-refractivity contribution in [1.29, 1.82) is 0 Å². The molecular weight excluding hydrogens is 246 g/mol. The average molecular weight is 261 g/mol. The second-order valence-electron chi connectivity index (χ2n) is 3.56. The van der Waals surface area contributed by atoms with E-state index in [9.17, 15) is 9.59 Å². The number of thioether (sulfide) groups is 1. The first-order valence-electron chi connectivity index (χ1n) is 5.12. The lowest BCUT2D eigenvalue weighted by atomic mass is 10.5. The van der Waals surface area contributed by atoms with Gasteiger partial charge in [0.25, 0.3) is 0 Å². The summed E-state index contributed by atoms with van der Waals surface area (Å²) in [5.74, 6) is -1.08. The molecule has 0 fully saturated rings. The molecule has 1 aromatic rings. The molecule has 0 radical (unpaired) electrons. The largest absolute Gasteiger partial charge is 0.481 e. The van der Waals surface area contributed by atoms with Crippen LogP contribution in [0.5, 0.6) is 0 Å². The molecule has 2 N–H and O–H groups in total. The van der Waals surface area contributed by atoms with Crippen LogP contribution in [0.3, 0.4) is 0 Å². The Balaban J connectivity index is 2.60. The van der Waals surface area contributed by atoms with Crippen molar-refractivity contribution in [2.75, 3.05) is 12.4 Å². The number of nitrogens with zero attached hydrogens (tertiary/aromatic N) is 2. The molecule has 0 aromatic carbocycles. The maximum Gasteiger partial charge on any atom is 0.344 e. The average Bonchev–Trinajstić information content (AvgIpc) is 2.57. The van der Waals surface area contributed by atoms with Crippen molar-refractivity contribution in [2.24, 2.45) is 0 Å². The van der Waals surface area contributed by atoms with E-state index in [1.54, 1.807) is 0 Å². The van der Waals surface area contributed by atoms with Gasteiger partial charge in [-0.25, -0.2) is 9.89 Å². The Morgan fingerprint density at radius 3 is 2.94 bits per heavy atom. The zero-order chi connectivity index (χ0) is 12.8. The Kier molecular flexibility index (Phi) is 5.23. The van der Waals surface area contributed by atoms with Crippen molar-refractivity contribution in [2.45, 2.75) is 31.7 Å². The summed E-state index contributed by atoms with van der Waals surface area (Å²) in [4.78, 5) is 21.8. The molecular formula is C9H15N3O4S. The zero-order valence-corrected chi connectivity index (χ0v) is 10.5. The topological polar surface area (TPSA) is 97.2 Å². The molecule has 0 aliphatic rings. The number of carboxylic acid groups (broad SMARTS) is 1. The lowest BCUT2D eigenvalue weighted by Gasteiger charge is -2.08. The highest BCUT2D eigenvalue weighted by Gasteiger charge is 2.10. The number of hydrogen-bond acceptors (Lipinski definition) is 5. The molecule has 1 aromatic heterocycles. The number of ether oxygens (including phenoxy) is 1. The summed E-state index contributed by atoms with van der Waals surface area (Å²) in [6.45, 7) is 4.55. The van der Waals surface area contributed by atoms with Gasteiger partial charge in [-0.3, -0.25) is 9.36 Å². The van der Waals surface area contributed by atoms with E-state index in [1.807, 2.05) is 13.8 Å². The van der Waals surface area contributed by atoms with Crippen molar-refractivity contribution in [3.8, 4) is 0 Å². The summed E-state index contributed by atoms with van der Waals surface area (Å²) in [5.41, 5.74) is -0.356. The fourth-order valence-corrected chi connectivity index (χ4v) is 1.81. The monoisotopic (exact) mass is 261 g/mol. The van der Waals surface area contributed by atoms with Crippen LogP contribution in [-0.4, -0.2) is 44.3 Å². The standard InChI is InChI=1S/C9H15N3O4S/c1-6(2)16-4-3-12-8(15)10-11-9(12)17-5-7(13)14/h6H,3-5H2,1-2H3,(H,10,15)(H,13,14). The molecule has 0 saturated heterocycles. The number of rotatable bonds is 7. The SMILES string of the molecule is CC(C)OCCn1c(SCC(=O)O)n[nH]c1=O. The quantitative estimate of drug-likeness (QED) is 0.679. The van der Waals surface area contributed by atoms with Crippen LogP contribution in [0.4, 0.5) is 0 Å². The third kappa shape index (κ3) is 4.61. The molecule has 7 nitrogen and oxygen atoms in total. The van der Waals surface area contributed by atoms with Crippen LogP contribution in [-0.2, 0) is 16.1 Å². The van der Waals surface area contributed by atoms with Crippen molar-refractivity contribution in [3.05, 3.63) is 10.5 Å². The van der Waals surface area contributed by atoms with Crippen molar-refractivity contribution in [3.63, 3.8) is 0 Å². The smallest absolute Gasteiger partial charge is 0.344 e. The van der Waals surface area contributed by atoms with Crippen LogP contribution in [0.1, 0.15) is 13.8 Å². The zero-order valence-electron chi connectivity index (χ0n) is 9.67. The number of aromatic nitrogens is 3. The Hall–Kier alpha value is -1.28. The van der Waals surface area contributed by atoms with Crippen molar-refractivity contribution in [1.82, 2.24) is 14.8 Å². The molecule has 0 saturated carbocycles. The van der Waals surface area contributed by atoms with Gasteiger partial charge < -0.3 is 9.84 Å². The number of carbonyl (C=O) groups is 1. The minimum Gasteiger partial charge on any atom is -0.481 e. The van der Waals surface area contributed by atoms with Crippen LogP contribution >= 0.6 is 11.8 Å². The minimum absolute atomic E-state index is 0.0905. The second kappa shape index (κ2) is 6.45. The second-order valence-corrected chi connectivity index (χ2v) is 4.51. The number of aromatic amines is 1. The van der Waals surface area contributed by atoms with Crippen LogP contribution in [0.2, 0.25) is 0 Å². The first kappa shape index (κ1) is 13.8. The van der Waals surface area contributed by atoms with Gasteiger partial charge in [0.15, 0.2) is 5.16 Å². The van der Waals surface area contributed by atoms with E-state index in [4.69, 9.17) is 9.84 Å². The van der Waals surface area contributed by atoms with Crippen molar-refractivity contribution >= 4 is 17.7 Å². The molecule has 0 unspecified atom stereocenters. The predicted molar refractivity (Wildman–Crippen MR) is 62.3 cm³/mol. The summed E-state index contributed by atoms with van der Waals surface area (Å²) in [7, 11) is 0. The highest BCUT2D eigenvalue weighted by molar-refractivity contribution is 7.99. The summed E-state index contributed by atoms with van der Waals surface area (Å²) in [6.07, 6.45) is 0.0905. The number of carboxylic acids is 1. The predicted octanol–water partition coefficient (Wildman–Crippen LogP) is 0.173. The first-order valence-corrected chi connectivity index (χ1v) is 6.10. The minimum atomic E-state index is -0.949. The molecule has 8 heteroatoms. The first-order chi connectivity index (χ1) is 8.00. The number of hydrogen-bond donors (Lipinski definition) is 2. The lowest BCUT2D eigenvalue weighted by molar-refractivity contribution is -0.133.